The number of nitrogens with one attached hydrogen (secondary N) is 3. The first-order valence-electron chi connectivity index (χ1n) is 9.18. The molecule has 1 fully saturated rings. The molecule has 31 heavy (non-hydrogen) atoms. The Kier molecular flexibility index (Phi) is 6.59. The van der Waals surface area contributed by atoms with Crippen molar-refractivity contribution in [2.45, 2.75) is 12.0 Å². The van der Waals surface area contributed by atoms with Gasteiger partial charge in [-0.2, -0.15) is 18.6 Å². The van der Waals surface area contributed by atoms with Crippen LogP contribution in [0.3, 0.4) is 0 Å². The number of nitrogens with zero attached hydrogens (tertiary/aromatic N) is 1. The van der Waals surface area contributed by atoms with E-state index in [1.807, 2.05) is 0 Å². The van der Waals surface area contributed by atoms with Gasteiger partial charge in [0.05, 0.1) is 12.2 Å². The predicted molar refractivity (Wildman–Crippen MR) is 115 cm³/mol. The number of ether oxygens (including phenoxy) is 1. The van der Waals surface area contributed by atoms with E-state index in [0.717, 1.165) is 19.2 Å². The molecule has 7 N–H and O–H groups in total. The maximum atomic E-state index is 13.9. The molecule has 0 spiro atoms. The van der Waals surface area contributed by atoms with Gasteiger partial charge in [-0.05, 0) is 29.8 Å². The van der Waals surface area contributed by atoms with Crippen LogP contribution < -0.4 is 32.4 Å². The van der Waals surface area contributed by atoms with E-state index in [0.29, 0.717) is 23.8 Å². The normalized spacial score (nSPS) is 21.0. The average molecular weight is 477 g/mol. The SMILES string of the molecule is Cl.NC1=NC(N)(c2cc(Cl)c(-c3ccc(OCC4CNC4)cc3)c(C(F)(F)F)c2)NN1. The third kappa shape index (κ3) is 4.83. The van der Waals surface area contributed by atoms with Crippen molar-refractivity contribution in [2.24, 2.45) is 22.4 Å². The Balaban J connectivity index is 0.00000272. The van der Waals surface area contributed by atoms with E-state index >= 15 is 0 Å². The Bertz CT molecular complexity index is 982. The van der Waals surface area contributed by atoms with Crippen molar-refractivity contribution in [1.82, 2.24) is 16.2 Å². The van der Waals surface area contributed by atoms with Gasteiger partial charge in [0, 0.05) is 35.2 Å². The first-order chi connectivity index (χ1) is 14.2. The molecule has 1 saturated heterocycles. The number of halogens is 5. The van der Waals surface area contributed by atoms with Crippen molar-refractivity contribution in [3.63, 3.8) is 0 Å². The van der Waals surface area contributed by atoms with Gasteiger partial charge in [-0.1, -0.05) is 23.7 Å². The van der Waals surface area contributed by atoms with Crippen LogP contribution in [0.5, 0.6) is 5.75 Å². The molecule has 4 rings (SSSR count). The molecule has 0 bridgehead atoms. The van der Waals surface area contributed by atoms with E-state index in [2.05, 4.69) is 21.2 Å². The molecule has 2 aliphatic rings. The van der Waals surface area contributed by atoms with E-state index in [1.165, 1.54) is 6.07 Å². The van der Waals surface area contributed by atoms with Gasteiger partial charge >= 0.3 is 6.18 Å². The highest BCUT2D eigenvalue weighted by molar-refractivity contribution is 6.33. The van der Waals surface area contributed by atoms with Gasteiger partial charge in [0.15, 0.2) is 0 Å². The quantitative estimate of drug-likeness (QED) is 0.453. The van der Waals surface area contributed by atoms with Crippen LogP contribution >= 0.6 is 24.0 Å². The van der Waals surface area contributed by atoms with Gasteiger partial charge < -0.3 is 15.8 Å². The molecular formula is C19H21Cl2F3N6O. The number of aliphatic imine (C=N–C) groups is 1. The Labute approximate surface area is 187 Å². The fourth-order valence-electron chi connectivity index (χ4n) is 3.28. The van der Waals surface area contributed by atoms with Crippen LogP contribution in [0.25, 0.3) is 11.1 Å². The van der Waals surface area contributed by atoms with Gasteiger partial charge in [-0.3, -0.25) is 11.2 Å². The predicted octanol–water partition coefficient (Wildman–Crippen LogP) is 2.54. The summed E-state index contributed by atoms with van der Waals surface area (Å²) in [4.78, 5) is 3.92. The van der Waals surface area contributed by atoms with E-state index in [1.54, 1.807) is 24.3 Å². The Morgan fingerprint density at radius 1 is 1.19 bits per heavy atom. The van der Waals surface area contributed by atoms with Gasteiger partial charge in [0.1, 0.15) is 5.75 Å². The third-order valence-electron chi connectivity index (χ3n) is 5.01. The van der Waals surface area contributed by atoms with Crippen LogP contribution in [0.15, 0.2) is 41.4 Å². The summed E-state index contributed by atoms with van der Waals surface area (Å²) in [7, 11) is 0. The molecule has 0 radical (unpaired) electrons. The summed E-state index contributed by atoms with van der Waals surface area (Å²) in [6.07, 6.45) is -4.67. The van der Waals surface area contributed by atoms with Crippen LogP contribution in [-0.2, 0) is 12.0 Å². The number of guanidine groups is 1. The Morgan fingerprint density at radius 3 is 2.39 bits per heavy atom. The molecule has 1 unspecified atom stereocenters. The largest absolute Gasteiger partial charge is 0.493 e. The molecule has 2 aromatic carbocycles. The maximum Gasteiger partial charge on any atom is 0.417 e. The second-order valence-corrected chi connectivity index (χ2v) is 7.66. The smallest absolute Gasteiger partial charge is 0.417 e. The van der Waals surface area contributed by atoms with E-state index in [-0.39, 0.29) is 34.5 Å². The van der Waals surface area contributed by atoms with Crippen molar-refractivity contribution in [3.8, 4) is 16.9 Å². The monoisotopic (exact) mass is 476 g/mol. The molecule has 7 nitrogen and oxygen atoms in total. The topological polar surface area (TPSA) is 110 Å². The zero-order chi connectivity index (χ0) is 21.5. The molecule has 0 aromatic heterocycles. The highest BCUT2D eigenvalue weighted by Crippen LogP contribution is 2.43. The lowest BCUT2D eigenvalue weighted by Gasteiger charge is -2.26. The lowest BCUT2D eigenvalue weighted by atomic mass is 9.95. The number of nitrogens with two attached hydrogens (primary N) is 2. The fraction of sp³-hybridized carbons (Fsp3) is 0.316. The number of hydrogen-bond acceptors (Lipinski definition) is 7. The maximum absolute atomic E-state index is 13.9. The van der Waals surface area contributed by atoms with E-state index in [4.69, 9.17) is 27.8 Å². The molecule has 0 aliphatic carbocycles. The molecule has 0 amide bonds. The molecule has 2 heterocycles. The summed E-state index contributed by atoms with van der Waals surface area (Å²) in [5.74, 6) is -0.679. The van der Waals surface area contributed by atoms with Crippen LogP contribution in [0.1, 0.15) is 11.1 Å². The third-order valence-corrected chi connectivity index (χ3v) is 5.31. The number of alkyl halides is 3. The fourth-order valence-corrected chi connectivity index (χ4v) is 3.61. The summed E-state index contributed by atoms with van der Waals surface area (Å²) >= 11 is 6.30. The molecule has 168 valence electrons. The van der Waals surface area contributed by atoms with Crippen molar-refractivity contribution in [2.75, 3.05) is 19.7 Å². The highest BCUT2D eigenvalue weighted by atomic mass is 35.5. The highest BCUT2D eigenvalue weighted by Gasteiger charge is 2.39. The van der Waals surface area contributed by atoms with Crippen molar-refractivity contribution >= 4 is 30.0 Å². The lowest BCUT2D eigenvalue weighted by molar-refractivity contribution is -0.137. The van der Waals surface area contributed by atoms with E-state index in [9.17, 15) is 13.2 Å². The lowest BCUT2D eigenvalue weighted by Crippen LogP contribution is -2.50. The average Bonchev–Trinajstić information content (AvgIpc) is 3.00. The Morgan fingerprint density at radius 2 is 1.87 bits per heavy atom. The van der Waals surface area contributed by atoms with E-state index < -0.39 is 17.5 Å². The number of hydrazine groups is 1. The second kappa shape index (κ2) is 8.71. The van der Waals surface area contributed by atoms with Gasteiger partial charge in [0.25, 0.3) is 0 Å². The van der Waals surface area contributed by atoms with Gasteiger partial charge in [-0.25, -0.2) is 4.99 Å². The van der Waals surface area contributed by atoms with Crippen LogP contribution in [0.2, 0.25) is 5.02 Å². The molecule has 0 saturated carbocycles. The van der Waals surface area contributed by atoms with Gasteiger partial charge in [-0.15, -0.1) is 12.4 Å². The van der Waals surface area contributed by atoms with Crippen LogP contribution in [0.4, 0.5) is 13.2 Å². The number of hydrogen-bond donors (Lipinski definition) is 5. The standard InChI is InChI=1S/C19H20ClF3N6O.ClH/c20-15-6-12(19(25)27-17(24)28-29-19)5-14(18(21,22)23)16(15)11-1-3-13(4-2-11)30-9-10-7-26-8-10;/h1-6,10,26,29H,7-9,25H2,(H3,24,27,28);1H. The molecule has 2 aromatic rings. The van der Waals surface area contributed by atoms with Crippen molar-refractivity contribution < 1.29 is 17.9 Å². The molecule has 12 heteroatoms. The van der Waals surface area contributed by atoms with Crippen LogP contribution in [0, 0.1) is 5.92 Å². The summed E-state index contributed by atoms with van der Waals surface area (Å²) in [6.45, 7) is 2.36. The zero-order valence-electron chi connectivity index (χ0n) is 16.1. The Hall–Kier alpha value is -2.24. The minimum absolute atomic E-state index is 0. The minimum atomic E-state index is -4.67. The molecule has 2 aliphatic heterocycles. The first kappa shape index (κ1) is 23.4. The zero-order valence-corrected chi connectivity index (χ0v) is 17.7. The van der Waals surface area contributed by atoms with Crippen molar-refractivity contribution in [3.05, 3.63) is 52.5 Å². The van der Waals surface area contributed by atoms with Crippen molar-refractivity contribution in [1.29, 1.82) is 0 Å². The summed E-state index contributed by atoms with van der Waals surface area (Å²) in [6, 6.07) is 8.62. The molecule has 1 atom stereocenters. The minimum Gasteiger partial charge on any atom is -0.493 e. The van der Waals surface area contributed by atoms with Crippen LogP contribution in [-0.4, -0.2) is 25.7 Å². The number of benzene rings is 2. The summed E-state index contributed by atoms with van der Waals surface area (Å²) in [5, 5.41) is 3.04. The molecular weight excluding hydrogens is 456 g/mol. The first-order valence-corrected chi connectivity index (χ1v) is 9.56. The number of rotatable bonds is 5. The summed E-state index contributed by atoms with van der Waals surface area (Å²) < 4.78 is 47.4. The summed E-state index contributed by atoms with van der Waals surface area (Å²) in [5.41, 5.74) is 15.9. The van der Waals surface area contributed by atoms with Gasteiger partial charge in [0.2, 0.25) is 11.7 Å². The second-order valence-electron chi connectivity index (χ2n) is 7.25.